The molecule has 5 nitrogen and oxygen atoms in total. The molecule has 0 bridgehead atoms. The third kappa shape index (κ3) is 4.52. The number of nitrogens with one attached hydrogen (secondary N) is 1. The molecule has 0 aliphatic carbocycles. The highest BCUT2D eigenvalue weighted by molar-refractivity contribution is 6.31. The maximum atomic E-state index is 9.82. The minimum atomic E-state index is -0.585. The highest BCUT2D eigenvalue weighted by Gasteiger charge is 2.06. The number of rotatable bonds is 7. The molecule has 1 aromatic heterocycles. The van der Waals surface area contributed by atoms with Gasteiger partial charge < -0.3 is 15.2 Å². The first-order valence-electron chi connectivity index (χ1n) is 6.37. The number of anilines is 1. The zero-order chi connectivity index (χ0) is 14.4. The standard InChI is InChI=1S/C14H18ClN3O2/c1-18-8-12(6-17-18)16-7-13(19)10-20-9-11-4-2-3-5-14(11)15/h2-6,8,13,16,19H,7,9-10H2,1H3. The molecule has 0 aliphatic rings. The van der Waals surface area contributed by atoms with E-state index in [2.05, 4.69) is 10.4 Å². The highest BCUT2D eigenvalue weighted by atomic mass is 35.5. The molecule has 6 heteroatoms. The second kappa shape index (κ2) is 7.28. The number of aromatic nitrogens is 2. The van der Waals surface area contributed by atoms with Crippen LogP contribution in [0.4, 0.5) is 5.69 Å². The molecular weight excluding hydrogens is 278 g/mol. The maximum absolute atomic E-state index is 9.82. The average molecular weight is 296 g/mol. The molecule has 1 unspecified atom stereocenters. The van der Waals surface area contributed by atoms with Gasteiger partial charge in [0.15, 0.2) is 0 Å². The summed E-state index contributed by atoms with van der Waals surface area (Å²) in [4.78, 5) is 0. The van der Waals surface area contributed by atoms with Crippen LogP contribution in [0.25, 0.3) is 0 Å². The lowest BCUT2D eigenvalue weighted by Crippen LogP contribution is -2.24. The van der Waals surface area contributed by atoms with E-state index in [0.717, 1.165) is 11.3 Å². The second-order valence-corrected chi connectivity index (χ2v) is 4.95. The summed E-state index contributed by atoms with van der Waals surface area (Å²) in [6.45, 7) is 1.05. The van der Waals surface area contributed by atoms with Gasteiger partial charge in [0.25, 0.3) is 0 Å². The van der Waals surface area contributed by atoms with Crippen molar-refractivity contribution < 1.29 is 9.84 Å². The van der Waals surface area contributed by atoms with Gasteiger partial charge >= 0.3 is 0 Å². The van der Waals surface area contributed by atoms with E-state index >= 15 is 0 Å². The SMILES string of the molecule is Cn1cc(NCC(O)COCc2ccccc2Cl)cn1. The van der Waals surface area contributed by atoms with Gasteiger partial charge in [-0.2, -0.15) is 5.10 Å². The van der Waals surface area contributed by atoms with Crippen molar-refractivity contribution in [3.8, 4) is 0 Å². The Balaban J connectivity index is 1.67. The number of aliphatic hydroxyl groups excluding tert-OH is 1. The number of nitrogens with zero attached hydrogens (tertiary/aromatic N) is 2. The Kier molecular flexibility index (Phi) is 5.40. The van der Waals surface area contributed by atoms with Gasteiger partial charge in [0.2, 0.25) is 0 Å². The van der Waals surface area contributed by atoms with Crippen molar-refractivity contribution in [2.45, 2.75) is 12.7 Å². The van der Waals surface area contributed by atoms with Crippen molar-refractivity contribution in [2.75, 3.05) is 18.5 Å². The van der Waals surface area contributed by atoms with Crippen molar-refractivity contribution in [2.24, 2.45) is 7.05 Å². The van der Waals surface area contributed by atoms with Crippen LogP contribution in [0, 0.1) is 0 Å². The number of aliphatic hydroxyl groups is 1. The van der Waals surface area contributed by atoms with Crippen LogP contribution in [0.3, 0.4) is 0 Å². The molecule has 0 fully saturated rings. The Hall–Kier alpha value is -1.56. The fourth-order valence-corrected chi connectivity index (χ4v) is 1.92. The van der Waals surface area contributed by atoms with E-state index < -0.39 is 6.10 Å². The van der Waals surface area contributed by atoms with Gasteiger partial charge in [0.05, 0.1) is 31.2 Å². The number of hydrogen-bond acceptors (Lipinski definition) is 4. The van der Waals surface area contributed by atoms with E-state index in [1.165, 1.54) is 0 Å². The molecule has 1 aromatic carbocycles. The molecule has 2 N–H and O–H groups in total. The molecule has 108 valence electrons. The molecule has 20 heavy (non-hydrogen) atoms. The van der Waals surface area contributed by atoms with E-state index in [1.807, 2.05) is 37.5 Å². The predicted molar refractivity (Wildman–Crippen MR) is 78.8 cm³/mol. The van der Waals surface area contributed by atoms with Crippen molar-refractivity contribution in [1.82, 2.24) is 9.78 Å². The minimum Gasteiger partial charge on any atom is -0.389 e. The third-order valence-corrected chi connectivity index (χ3v) is 3.14. The van der Waals surface area contributed by atoms with Gasteiger partial charge in [-0.3, -0.25) is 4.68 Å². The average Bonchev–Trinajstić information content (AvgIpc) is 2.84. The van der Waals surface area contributed by atoms with Crippen molar-refractivity contribution in [3.63, 3.8) is 0 Å². The summed E-state index contributed by atoms with van der Waals surface area (Å²) in [6.07, 6.45) is 2.96. The van der Waals surface area contributed by atoms with Gasteiger partial charge in [0.1, 0.15) is 0 Å². The van der Waals surface area contributed by atoms with E-state index in [-0.39, 0.29) is 6.61 Å². The molecule has 0 saturated carbocycles. The lowest BCUT2D eigenvalue weighted by molar-refractivity contribution is 0.0348. The molecular formula is C14H18ClN3O2. The molecule has 2 aromatic rings. The molecule has 0 spiro atoms. The molecule has 0 radical (unpaired) electrons. The molecule has 0 saturated heterocycles. The molecule has 1 atom stereocenters. The Morgan fingerprint density at radius 1 is 1.45 bits per heavy atom. The van der Waals surface area contributed by atoms with Crippen LogP contribution in [0.1, 0.15) is 5.56 Å². The van der Waals surface area contributed by atoms with E-state index in [0.29, 0.717) is 18.2 Å². The summed E-state index contributed by atoms with van der Waals surface area (Å²) in [7, 11) is 1.84. The predicted octanol–water partition coefficient (Wildman–Crippen LogP) is 2.06. The van der Waals surface area contributed by atoms with Gasteiger partial charge in [-0.25, -0.2) is 0 Å². The van der Waals surface area contributed by atoms with Crippen LogP contribution in [-0.4, -0.2) is 34.1 Å². The Labute approximate surface area is 123 Å². The zero-order valence-corrected chi connectivity index (χ0v) is 12.0. The summed E-state index contributed by atoms with van der Waals surface area (Å²) < 4.78 is 7.16. The molecule has 1 heterocycles. The lowest BCUT2D eigenvalue weighted by atomic mass is 10.2. The van der Waals surface area contributed by atoms with Gasteiger partial charge in [-0.15, -0.1) is 0 Å². The number of hydrogen-bond donors (Lipinski definition) is 2. The first kappa shape index (κ1) is 14.8. The van der Waals surface area contributed by atoms with Crippen LogP contribution in [-0.2, 0) is 18.4 Å². The summed E-state index contributed by atoms with van der Waals surface area (Å²) >= 11 is 6.02. The largest absolute Gasteiger partial charge is 0.389 e. The number of benzene rings is 1. The lowest BCUT2D eigenvalue weighted by Gasteiger charge is -2.12. The molecule has 0 aliphatic heterocycles. The Morgan fingerprint density at radius 3 is 2.95 bits per heavy atom. The van der Waals surface area contributed by atoms with Gasteiger partial charge in [-0.1, -0.05) is 29.8 Å². The maximum Gasteiger partial charge on any atom is 0.0945 e. The monoisotopic (exact) mass is 295 g/mol. The zero-order valence-electron chi connectivity index (χ0n) is 11.3. The van der Waals surface area contributed by atoms with Gasteiger partial charge in [0, 0.05) is 24.8 Å². The van der Waals surface area contributed by atoms with Crippen LogP contribution in [0.15, 0.2) is 36.7 Å². The first-order valence-corrected chi connectivity index (χ1v) is 6.74. The summed E-state index contributed by atoms with van der Waals surface area (Å²) in [5, 5.41) is 17.6. The smallest absolute Gasteiger partial charge is 0.0945 e. The van der Waals surface area contributed by atoms with E-state index in [9.17, 15) is 5.11 Å². The minimum absolute atomic E-state index is 0.248. The van der Waals surface area contributed by atoms with E-state index in [1.54, 1.807) is 10.9 Å². The van der Waals surface area contributed by atoms with Crippen molar-refractivity contribution >= 4 is 17.3 Å². The summed E-state index contributed by atoms with van der Waals surface area (Å²) in [6, 6.07) is 7.51. The van der Waals surface area contributed by atoms with E-state index in [4.69, 9.17) is 16.3 Å². The first-order chi connectivity index (χ1) is 9.65. The molecule has 0 amide bonds. The van der Waals surface area contributed by atoms with Gasteiger partial charge in [-0.05, 0) is 11.6 Å². The fraction of sp³-hybridized carbons (Fsp3) is 0.357. The topological polar surface area (TPSA) is 59.3 Å². The summed E-state index contributed by atoms with van der Waals surface area (Å²) in [5.74, 6) is 0. The fourth-order valence-electron chi connectivity index (χ4n) is 1.73. The second-order valence-electron chi connectivity index (χ2n) is 4.54. The quantitative estimate of drug-likeness (QED) is 0.821. The van der Waals surface area contributed by atoms with Crippen LogP contribution in [0.5, 0.6) is 0 Å². The van der Waals surface area contributed by atoms with Crippen molar-refractivity contribution in [1.29, 1.82) is 0 Å². The number of ether oxygens (including phenoxy) is 1. The molecule has 2 rings (SSSR count). The third-order valence-electron chi connectivity index (χ3n) is 2.77. The van der Waals surface area contributed by atoms with Crippen molar-refractivity contribution in [3.05, 3.63) is 47.2 Å². The highest BCUT2D eigenvalue weighted by Crippen LogP contribution is 2.15. The number of aryl methyl sites for hydroxylation is 1. The van der Waals surface area contributed by atoms with Crippen LogP contribution in [0.2, 0.25) is 5.02 Å². The Bertz CT molecular complexity index is 545. The van der Waals surface area contributed by atoms with Crippen LogP contribution >= 0.6 is 11.6 Å². The normalized spacial score (nSPS) is 12.3. The number of halogens is 1. The summed E-state index contributed by atoms with van der Waals surface area (Å²) in [5.41, 5.74) is 1.79. The van der Waals surface area contributed by atoms with Crippen LogP contribution < -0.4 is 5.32 Å². The Morgan fingerprint density at radius 2 is 2.25 bits per heavy atom.